The highest BCUT2D eigenvalue weighted by Crippen LogP contribution is 1.94. The van der Waals surface area contributed by atoms with Crippen molar-refractivity contribution in [2.24, 2.45) is 0 Å². The number of nitrogens with zero attached hydrogens (tertiary/aromatic N) is 1. The monoisotopic (exact) mass is 254 g/mol. The first-order chi connectivity index (χ1) is 8.54. The average molecular weight is 254 g/mol. The molecule has 0 aromatic carbocycles. The molecule has 0 aliphatic carbocycles. The number of carboxylic acid groups (broad SMARTS) is 1. The van der Waals surface area contributed by atoms with E-state index >= 15 is 0 Å². The number of carbonyl (C=O) groups is 2. The van der Waals surface area contributed by atoms with Crippen LogP contribution in [0.2, 0.25) is 0 Å². The molecule has 2 N–H and O–H groups in total. The minimum atomic E-state index is -1.18. The van der Waals surface area contributed by atoms with E-state index in [9.17, 15) is 14.4 Å². The van der Waals surface area contributed by atoms with Crippen LogP contribution in [0.1, 0.15) is 10.4 Å². The van der Waals surface area contributed by atoms with Crippen molar-refractivity contribution in [3.63, 3.8) is 0 Å². The van der Waals surface area contributed by atoms with Crippen molar-refractivity contribution in [2.75, 3.05) is 20.3 Å². The first-order valence-electron chi connectivity index (χ1n) is 5.24. The Labute approximate surface area is 103 Å². The second-order valence-electron chi connectivity index (χ2n) is 3.53. The van der Waals surface area contributed by atoms with Gasteiger partial charge in [-0.05, 0) is 6.07 Å². The number of rotatable bonds is 6. The van der Waals surface area contributed by atoms with Crippen molar-refractivity contribution in [1.82, 2.24) is 9.88 Å². The highest BCUT2D eigenvalue weighted by atomic mass is 16.5. The predicted octanol–water partition coefficient (Wildman–Crippen LogP) is -0.691. The van der Waals surface area contributed by atoms with Crippen LogP contribution in [0.25, 0.3) is 0 Å². The van der Waals surface area contributed by atoms with Crippen LogP contribution < -0.4 is 10.9 Å². The normalized spacial score (nSPS) is 10.1. The number of carboxylic acids is 1. The van der Waals surface area contributed by atoms with E-state index in [1.807, 2.05) is 0 Å². The van der Waals surface area contributed by atoms with Gasteiger partial charge in [-0.3, -0.25) is 9.59 Å². The molecule has 0 saturated heterocycles. The molecule has 1 amide bonds. The molecule has 1 aromatic heterocycles. The number of hydrogen-bond acceptors (Lipinski definition) is 4. The molecule has 0 unspecified atom stereocenters. The zero-order valence-corrected chi connectivity index (χ0v) is 9.88. The number of amides is 1. The molecule has 0 fully saturated rings. The Morgan fingerprint density at radius 2 is 2.22 bits per heavy atom. The third-order valence-corrected chi connectivity index (χ3v) is 2.19. The van der Waals surface area contributed by atoms with Gasteiger partial charge in [0.05, 0.1) is 12.2 Å². The number of methoxy groups -OCH3 is 1. The number of ether oxygens (including phenoxy) is 1. The molecular formula is C11H14N2O5. The van der Waals surface area contributed by atoms with Gasteiger partial charge in [-0.1, -0.05) is 0 Å². The lowest BCUT2D eigenvalue weighted by Crippen LogP contribution is -2.33. The maximum absolute atomic E-state index is 11.5. The zero-order chi connectivity index (χ0) is 13.5. The van der Waals surface area contributed by atoms with Crippen molar-refractivity contribution in [3.05, 3.63) is 34.2 Å². The van der Waals surface area contributed by atoms with E-state index in [0.29, 0.717) is 13.2 Å². The second-order valence-corrected chi connectivity index (χ2v) is 3.53. The van der Waals surface area contributed by atoms with Gasteiger partial charge < -0.3 is 19.7 Å². The van der Waals surface area contributed by atoms with E-state index in [2.05, 4.69) is 5.32 Å². The van der Waals surface area contributed by atoms with Gasteiger partial charge in [0.25, 0.3) is 5.56 Å². The molecule has 1 heterocycles. The maximum atomic E-state index is 11.5. The van der Waals surface area contributed by atoms with Gasteiger partial charge in [0.2, 0.25) is 5.91 Å². The lowest BCUT2D eigenvalue weighted by Gasteiger charge is -2.07. The Bertz CT molecular complexity index is 494. The van der Waals surface area contributed by atoms with Gasteiger partial charge in [0.1, 0.15) is 6.54 Å². The van der Waals surface area contributed by atoms with Crippen LogP contribution in [0, 0.1) is 0 Å². The van der Waals surface area contributed by atoms with Crippen LogP contribution in [0.5, 0.6) is 0 Å². The molecule has 1 rings (SSSR count). The van der Waals surface area contributed by atoms with Crippen LogP contribution in [0.4, 0.5) is 0 Å². The van der Waals surface area contributed by atoms with Gasteiger partial charge in [0.15, 0.2) is 0 Å². The SMILES string of the molecule is COCCNC(=O)Cn1ccc(C(=O)O)cc1=O. The minimum Gasteiger partial charge on any atom is -0.478 e. The minimum absolute atomic E-state index is 0.101. The summed E-state index contributed by atoms with van der Waals surface area (Å²) in [5, 5.41) is 11.2. The summed E-state index contributed by atoms with van der Waals surface area (Å²) in [4.78, 5) is 33.5. The summed E-state index contributed by atoms with van der Waals surface area (Å²) in [6, 6.07) is 2.25. The van der Waals surface area contributed by atoms with E-state index < -0.39 is 11.5 Å². The molecule has 1 aromatic rings. The Kier molecular flexibility index (Phi) is 5.06. The third kappa shape index (κ3) is 4.02. The Morgan fingerprint density at radius 1 is 1.50 bits per heavy atom. The predicted molar refractivity (Wildman–Crippen MR) is 62.5 cm³/mol. The molecule has 0 radical (unpaired) electrons. The van der Waals surface area contributed by atoms with Gasteiger partial charge >= 0.3 is 5.97 Å². The standard InChI is InChI=1S/C11H14N2O5/c1-18-5-3-12-9(14)7-13-4-2-8(11(16)17)6-10(13)15/h2,4,6H,3,5,7H2,1H3,(H,12,14)(H,16,17). The molecule has 7 nitrogen and oxygen atoms in total. The van der Waals surface area contributed by atoms with E-state index in [1.54, 1.807) is 0 Å². The van der Waals surface area contributed by atoms with Crippen LogP contribution in [-0.2, 0) is 16.1 Å². The molecule has 0 spiro atoms. The average Bonchev–Trinajstić information content (AvgIpc) is 2.32. The Morgan fingerprint density at radius 3 is 2.78 bits per heavy atom. The molecule has 0 aliphatic rings. The summed E-state index contributed by atoms with van der Waals surface area (Å²) < 4.78 is 5.89. The lowest BCUT2D eigenvalue weighted by molar-refractivity contribution is -0.121. The summed E-state index contributed by atoms with van der Waals surface area (Å²) in [6.07, 6.45) is 1.28. The molecule has 0 atom stereocenters. The number of nitrogens with one attached hydrogen (secondary N) is 1. The number of aromatic carboxylic acids is 1. The summed E-state index contributed by atoms with van der Waals surface area (Å²) in [5.74, 6) is -1.51. The lowest BCUT2D eigenvalue weighted by atomic mass is 10.3. The van der Waals surface area contributed by atoms with Crippen molar-refractivity contribution < 1.29 is 19.4 Å². The first kappa shape index (κ1) is 13.9. The maximum Gasteiger partial charge on any atom is 0.335 e. The van der Waals surface area contributed by atoms with Crippen molar-refractivity contribution in [3.8, 4) is 0 Å². The molecular weight excluding hydrogens is 240 g/mol. The van der Waals surface area contributed by atoms with Crippen molar-refractivity contribution in [2.45, 2.75) is 6.54 Å². The van der Waals surface area contributed by atoms with Crippen molar-refractivity contribution >= 4 is 11.9 Å². The molecule has 98 valence electrons. The Balaban J connectivity index is 2.65. The van der Waals surface area contributed by atoms with Gasteiger partial charge in [0, 0.05) is 25.9 Å². The van der Waals surface area contributed by atoms with E-state index in [-0.39, 0.29) is 18.0 Å². The summed E-state index contributed by atoms with van der Waals surface area (Å²) in [5.41, 5.74) is -0.632. The second kappa shape index (κ2) is 6.55. The number of carbonyl (C=O) groups excluding carboxylic acids is 1. The first-order valence-corrected chi connectivity index (χ1v) is 5.24. The van der Waals surface area contributed by atoms with Crippen LogP contribution in [0.15, 0.2) is 23.1 Å². The number of hydrogen-bond donors (Lipinski definition) is 2. The highest BCUT2D eigenvalue weighted by molar-refractivity contribution is 5.87. The fourth-order valence-electron chi connectivity index (χ4n) is 1.27. The zero-order valence-electron chi connectivity index (χ0n) is 9.88. The van der Waals surface area contributed by atoms with E-state index in [1.165, 1.54) is 19.4 Å². The Hall–Kier alpha value is -2.15. The summed E-state index contributed by atoms with van der Waals surface area (Å²) >= 11 is 0. The largest absolute Gasteiger partial charge is 0.478 e. The summed E-state index contributed by atoms with van der Waals surface area (Å²) in [6.45, 7) is 0.596. The fourth-order valence-corrected chi connectivity index (χ4v) is 1.27. The fraction of sp³-hybridized carbons (Fsp3) is 0.364. The smallest absolute Gasteiger partial charge is 0.335 e. The van der Waals surface area contributed by atoms with Crippen LogP contribution >= 0.6 is 0 Å². The summed E-state index contributed by atoms with van der Waals surface area (Å²) in [7, 11) is 1.52. The van der Waals surface area contributed by atoms with Crippen molar-refractivity contribution in [1.29, 1.82) is 0 Å². The molecule has 0 aliphatic heterocycles. The number of pyridine rings is 1. The van der Waals surface area contributed by atoms with Gasteiger partial charge in [-0.15, -0.1) is 0 Å². The third-order valence-electron chi connectivity index (χ3n) is 2.19. The molecule has 0 saturated carbocycles. The molecule has 0 bridgehead atoms. The molecule has 18 heavy (non-hydrogen) atoms. The number of aromatic nitrogens is 1. The van der Waals surface area contributed by atoms with E-state index in [0.717, 1.165) is 10.6 Å². The highest BCUT2D eigenvalue weighted by Gasteiger charge is 2.07. The van der Waals surface area contributed by atoms with Gasteiger partial charge in [-0.25, -0.2) is 4.79 Å². The van der Waals surface area contributed by atoms with E-state index in [4.69, 9.17) is 9.84 Å². The van der Waals surface area contributed by atoms with Crippen LogP contribution in [-0.4, -0.2) is 41.8 Å². The molecule has 7 heteroatoms. The van der Waals surface area contributed by atoms with Gasteiger partial charge in [-0.2, -0.15) is 0 Å². The topological polar surface area (TPSA) is 97.6 Å². The van der Waals surface area contributed by atoms with Crippen LogP contribution in [0.3, 0.4) is 0 Å². The quantitative estimate of drug-likeness (QED) is 0.655.